The minimum absolute atomic E-state index is 0.00518. The first-order valence-electron chi connectivity index (χ1n) is 5.48. The van der Waals surface area contributed by atoms with E-state index in [1.165, 1.54) is 6.92 Å². The molecule has 0 heterocycles. The molecule has 0 radical (unpaired) electrons. The fourth-order valence-electron chi connectivity index (χ4n) is 1.47. The van der Waals surface area contributed by atoms with Crippen LogP contribution in [0.15, 0.2) is 0 Å². The van der Waals surface area contributed by atoms with Crippen LogP contribution in [0.3, 0.4) is 0 Å². The van der Waals surface area contributed by atoms with Crippen LogP contribution in [0.4, 0.5) is 26.3 Å². The van der Waals surface area contributed by atoms with Gasteiger partial charge in [0.25, 0.3) is 0 Å². The fourth-order valence-corrected chi connectivity index (χ4v) is 1.47. The minimum Gasteiger partial charge on any atom is -0.377 e. The third-order valence-corrected chi connectivity index (χ3v) is 2.18. The predicted octanol–water partition coefficient (Wildman–Crippen LogP) is 3.13. The van der Waals surface area contributed by atoms with E-state index in [0.29, 0.717) is 0 Å². The molecule has 0 aliphatic carbocycles. The van der Waals surface area contributed by atoms with Crippen LogP contribution in [0.2, 0.25) is 0 Å². The number of alkyl halides is 6. The molecule has 0 fully saturated rings. The van der Waals surface area contributed by atoms with Gasteiger partial charge in [0, 0.05) is 0 Å². The predicted molar refractivity (Wildman–Crippen MR) is 54.2 cm³/mol. The van der Waals surface area contributed by atoms with Gasteiger partial charge in [0.15, 0.2) is 5.92 Å². The molecule has 2 nitrogen and oxygen atoms in total. The van der Waals surface area contributed by atoms with Gasteiger partial charge in [-0.25, -0.2) is 0 Å². The summed E-state index contributed by atoms with van der Waals surface area (Å²) in [5.41, 5.74) is 0. The van der Waals surface area contributed by atoms with Gasteiger partial charge in [-0.15, -0.1) is 0 Å². The Bertz CT molecular complexity index is 224. The Kier molecular flexibility index (Phi) is 6.42. The standard InChI is InChI=1S/C10H17F6NO/c1-4-17-7(5-18-6(2)3)8(9(11,12)13)10(14,15)16/h6-8,17H,4-5H2,1-3H3. The second-order valence-electron chi connectivity index (χ2n) is 4.11. The van der Waals surface area contributed by atoms with Crippen molar-refractivity contribution in [3.05, 3.63) is 0 Å². The van der Waals surface area contributed by atoms with Gasteiger partial charge >= 0.3 is 12.4 Å². The van der Waals surface area contributed by atoms with Crippen molar-refractivity contribution in [3.8, 4) is 0 Å². The van der Waals surface area contributed by atoms with Crippen LogP contribution in [0, 0.1) is 5.92 Å². The van der Waals surface area contributed by atoms with Crippen LogP contribution < -0.4 is 5.32 Å². The second-order valence-corrected chi connectivity index (χ2v) is 4.11. The van der Waals surface area contributed by atoms with E-state index >= 15 is 0 Å². The van der Waals surface area contributed by atoms with Crippen LogP contribution in [0.5, 0.6) is 0 Å². The number of halogens is 6. The van der Waals surface area contributed by atoms with Crippen molar-refractivity contribution in [3.63, 3.8) is 0 Å². The highest BCUT2D eigenvalue weighted by Crippen LogP contribution is 2.41. The molecule has 0 bridgehead atoms. The molecule has 1 unspecified atom stereocenters. The largest absolute Gasteiger partial charge is 0.402 e. The number of rotatable bonds is 6. The summed E-state index contributed by atoms with van der Waals surface area (Å²) in [6.45, 7) is 3.87. The first-order chi connectivity index (χ1) is 8.00. The van der Waals surface area contributed by atoms with E-state index in [1.54, 1.807) is 13.8 Å². The molecule has 0 amide bonds. The Morgan fingerprint density at radius 2 is 1.44 bits per heavy atom. The van der Waals surface area contributed by atoms with E-state index in [0.717, 1.165) is 0 Å². The Hall–Kier alpha value is -0.500. The van der Waals surface area contributed by atoms with E-state index < -0.39 is 37.0 Å². The van der Waals surface area contributed by atoms with E-state index in [1.807, 2.05) is 0 Å². The zero-order valence-electron chi connectivity index (χ0n) is 10.3. The maximum atomic E-state index is 12.5. The van der Waals surface area contributed by atoms with Gasteiger partial charge in [0.05, 0.1) is 18.8 Å². The molecule has 0 saturated heterocycles. The summed E-state index contributed by atoms with van der Waals surface area (Å²) in [5.74, 6) is -3.43. The molecule has 1 atom stereocenters. The fraction of sp³-hybridized carbons (Fsp3) is 1.00. The average molecular weight is 281 g/mol. The third kappa shape index (κ3) is 5.90. The number of hydrogen-bond acceptors (Lipinski definition) is 2. The van der Waals surface area contributed by atoms with Crippen molar-refractivity contribution in [1.82, 2.24) is 5.32 Å². The summed E-state index contributed by atoms with van der Waals surface area (Å²) >= 11 is 0. The lowest BCUT2D eigenvalue weighted by Crippen LogP contribution is -2.53. The van der Waals surface area contributed by atoms with Crippen molar-refractivity contribution in [2.45, 2.75) is 45.3 Å². The zero-order chi connectivity index (χ0) is 14.6. The molecule has 18 heavy (non-hydrogen) atoms. The molecular weight excluding hydrogens is 264 g/mol. The lowest BCUT2D eigenvalue weighted by atomic mass is 9.99. The van der Waals surface area contributed by atoms with Crippen LogP contribution >= 0.6 is 0 Å². The molecule has 0 aromatic rings. The second kappa shape index (κ2) is 6.60. The molecular formula is C10H17F6NO. The number of hydrogen-bond donors (Lipinski definition) is 1. The van der Waals surface area contributed by atoms with Crippen molar-refractivity contribution < 1.29 is 31.1 Å². The zero-order valence-corrected chi connectivity index (χ0v) is 10.3. The van der Waals surface area contributed by atoms with Gasteiger partial charge in [-0.3, -0.25) is 0 Å². The van der Waals surface area contributed by atoms with Gasteiger partial charge in [0.1, 0.15) is 0 Å². The van der Waals surface area contributed by atoms with Crippen molar-refractivity contribution in [2.24, 2.45) is 5.92 Å². The maximum Gasteiger partial charge on any atom is 0.402 e. The van der Waals surface area contributed by atoms with Crippen LogP contribution in [0.1, 0.15) is 20.8 Å². The molecule has 0 aliphatic heterocycles. The third-order valence-electron chi connectivity index (χ3n) is 2.18. The number of likely N-dealkylation sites (N-methyl/N-ethyl adjacent to an activating group) is 1. The lowest BCUT2D eigenvalue weighted by Gasteiger charge is -2.31. The van der Waals surface area contributed by atoms with E-state index in [2.05, 4.69) is 5.32 Å². The molecule has 0 rings (SSSR count). The van der Waals surface area contributed by atoms with Gasteiger partial charge in [0.2, 0.25) is 0 Å². The van der Waals surface area contributed by atoms with Gasteiger partial charge < -0.3 is 10.1 Å². The molecule has 0 aliphatic rings. The summed E-state index contributed by atoms with van der Waals surface area (Å²) in [6, 6.07) is -1.84. The molecule has 0 saturated carbocycles. The maximum absolute atomic E-state index is 12.5. The van der Waals surface area contributed by atoms with Crippen LogP contribution in [-0.2, 0) is 4.74 Å². The summed E-state index contributed by atoms with van der Waals surface area (Å²) in [4.78, 5) is 0. The molecule has 1 N–H and O–H groups in total. The van der Waals surface area contributed by atoms with Crippen molar-refractivity contribution in [1.29, 1.82) is 0 Å². The highest BCUT2D eigenvalue weighted by molar-refractivity contribution is 4.87. The lowest BCUT2D eigenvalue weighted by molar-refractivity contribution is -0.294. The average Bonchev–Trinajstić information content (AvgIpc) is 2.09. The quantitative estimate of drug-likeness (QED) is 0.755. The summed E-state index contributed by atoms with van der Waals surface area (Å²) < 4.78 is 79.9. The van der Waals surface area contributed by atoms with Gasteiger partial charge in [-0.1, -0.05) is 6.92 Å². The van der Waals surface area contributed by atoms with Gasteiger partial charge in [-0.05, 0) is 20.4 Å². The number of ether oxygens (including phenoxy) is 1. The summed E-state index contributed by atoms with van der Waals surface area (Å²) in [6.07, 6.45) is -11.1. The first-order valence-corrected chi connectivity index (χ1v) is 5.48. The molecule has 110 valence electrons. The minimum atomic E-state index is -5.36. The Labute approximate surface area is 102 Å². The highest BCUT2D eigenvalue weighted by Gasteiger charge is 2.60. The molecule has 0 aromatic heterocycles. The van der Waals surface area contributed by atoms with Gasteiger partial charge in [-0.2, -0.15) is 26.3 Å². The molecule has 0 spiro atoms. The van der Waals surface area contributed by atoms with E-state index in [-0.39, 0.29) is 6.54 Å². The smallest absolute Gasteiger partial charge is 0.377 e. The van der Waals surface area contributed by atoms with Crippen LogP contribution in [-0.4, -0.2) is 37.7 Å². The molecule has 0 aromatic carbocycles. The van der Waals surface area contributed by atoms with Crippen LogP contribution in [0.25, 0.3) is 0 Å². The van der Waals surface area contributed by atoms with E-state index in [4.69, 9.17) is 4.74 Å². The first kappa shape index (κ1) is 17.5. The topological polar surface area (TPSA) is 21.3 Å². The SMILES string of the molecule is CCNC(COC(C)C)C(C(F)(F)F)C(F)(F)F. The molecule has 8 heteroatoms. The normalized spacial score (nSPS) is 15.5. The summed E-state index contributed by atoms with van der Waals surface area (Å²) in [7, 11) is 0. The summed E-state index contributed by atoms with van der Waals surface area (Å²) in [5, 5.41) is 2.19. The van der Waals surface area contributed by atoms with Crippen molar-refractivity contribution >= 4 is 0 Å². The highest BCUT2D eigenvalue weighted by atomic mass is 19.4. The van der Waals surface area contributed by atoms with E-state index in [9.17, 15) is 26.3 Å². The Morgan fingerprint density at radius 1 is 1.00 bits per heavy atom. The Balaban J connectivity index is 4.99. The number of nitrogens with one attached hydrogen (secondary N) is 1. The Morgan fingerprint density at radius 3 is 1.72 bits per heavy atom. The monoisotopic (exact) mass is 281 g/mol. The van der Waals surface area contributed by atoms with Crippen molar-refractivity contribution in [2.75, 3.05) is 13.2 Å².